The third-order valence-electron chi connectivity index (χ3n) is 3.90. The predicted octanol–water partition coefficient (Wildman–Crippen LogP) is 2.43. The Kier molecular flexibility index (Phi) is 10.2. The van der Waals surface area contributed by atoms with Gasteiger partial charge in [-0.05, 0) is 0 Å². The molecule has 8 heteroatoms. The Morgan fingerprint density at radius 2 is 1.76 bits per heavy atom. The first-order valence-electron chi connectivity index (χ1n) is 9.61. The van der Waals surface area contributed by atoms with Crippen molar-refractivity contribution in [1.82, 2.24) is 10.6 Å². The molecular formula is C21H32N3O4Se. The van der Waals surface area contributed by atoms with Crippen LogP contribution in [0, 0.1) is 5.92 Å². The predicted molar refractivity (Wildman–Crippen MR) is 115 cm³/mol. The van der Waals surface area contributed by atoms with Gasteiger partial charge in [-0.25, -0.2) is 0 Å². The zero-order valence-corrected chi connectivity index (χ0v) is 19.7. The third-order valence-corrected chi connectivity index (χ3v) is 4.42. The summed E-state index contributed by atoms with van der Waals surface area (Å²) in [5.41, 5.74) is 0.494. The van der Waals surface area contributed by atoms with Crippen LogP contribution in [0.2, 0.25) is 0 Å². The minimum atomic E-state index is -0.582. The summed E-state index contributed by atoms with van der Waals surface area (Å²) in [5, 5.41) is 5.94. The summed E-state index contributed by atoms with van der Waals surface area (Å²) >= 11 is 2.84. The van der Waals surface area contributed by atoms with E-state index in [0.717, 1.165) is 5.56 Å². The molecule has 0 unspecified atom stereocenters. The van der Waals surface area contributed by atoms with Crippen LogP contribution < -0.4 is 10.6 Å². The number of ether oxygens (including phenoxy) is 2. The zero-order valence-electron chi connectivity index (χ0n) is 18.0. The minimum absolute atomic E-state index is 0.0287. The van der Waals surface area contributed by atoms with Gasteiger partial charge in [-0.15, -0.1) is 0 Å². The maximum atomic E-state index is 12.2. The second-order valence-electron chi connectivity index (χ2n) is 8.07. The summed E-state index contributed by atoms with van der Waals surface area (Å²) in [7, 11) is 1.36. The Labute approximate surface area is 181 Å². The molecule has 0 saturated heterocycles. The molecule has 0 spiro atoms. The first-order chi connectivity index (χ1) is 13.5. The molecule has 1 aromatic carbocycles. The van der Waals surface area contributed by atoms with Crippen LogP contribution in [0.1, 0.15) is 40.2 Å². The average Bonchev–Trinajstić information content (AvgIpc) is 2.62. The fourth-order valence-electron chi connectivity index (χ4n) is 2.53. The number of rotatable bonds is 8. The molecule has 1 amide bonds. The van der Waals surface area contributed by atoms with Crippen molar-refractivity contribution in [2.75, 3.05) is 13.7 Å². The molecule has 0 aliphatic carbocycles. The summed E-state index contributed by atoms with van der Waals surface area (Å²) < 4.78 is 10.7. The van der Waals surface area contributed by atoms with Gasteiger partial charge in [0, 0.05) is 0 Å². The van der Waals surface area contributed by atoms with E-state index in [0.29, 0.717) is 17.7 Å². The Balaban J connectivity index is 2.85. The Morgan fingerprint density at radius 1 is 1.14 bits per heavy atom. The molecule has 0 aromatic heterocycles. The quantitative estimate of drug-likeness (QED) is 0.264. The number of amidine groups is 1. The summed E-state index contributed by atoms with van der Waals surface area (Å²) in [6.45, 7) is 9.61. The molecule has 0 aliphatic rings. The number of nitrogens with one attached hydrogen (secondary N) is 2. The van der Waals surface area contributed by atoms with E-state index in [1.54, 1.807) is 0 Å². The van der Waals surface area contributed by atoms with Crippen LogP contribution >= 0.6 is 0 Å². The van der Waals surface area contributed by atoms with Crippen molar-refractivity contribution in [2.24, 2.45) is 10.9 Å². The molecule has 1 radical (unpaired) electrons. The van der Waals surface area contributed by atoms with Gasteiger partial charge >= 0.3 is 182 Å². The van der Waals surface area contributed by atoms with Crippen LogP contribution in [0.25, 0.3) is 0 Å². The standard InChI is InChI=1S/C21H32N3O4Se/c1-14(2)17(18(25)27-6)24-19(29)22-13-16(12-15-10-8-7-9-11-15)23-20(26)28-21(3,4)5/h7-11,14,16-17H,12-13H2,1-6H3,(H,22,24)(H,23,26)/t16-,17-/m0/s1. The number of aliphatic imine (C=N–C) groups is 1. The van der Waals surface area contributed by atoms with Crippen LogP contribution in [-0.2, 0) is 20.7 Å². The molecule has 2 N–H and O–H groups in total. The van der Waals surface area contributed by atoms with Crippen LogP contribution in [0.15, 0.2) is 35.3 Å². The van der Waals surface area contributed by atoms with Crippen molar-refractivity contribution < 1.29 is 19.1 Å². The van der Waals surface area contributed by atoms with Crippen LogP contribution in [-0.4, -0.2) is 64.1 Å². The third kappa shape index (κ3) is 10.3. The van der Waals surface area contributed by atoms with E-state index in [9.17, 15) is 9.59 Å². The van der Waals surface area contributed by atoms with Gasteiger partial charge in [0.1, 0.15) is 0 Å². The second kappa shape index (κ2) is 11.8. The van der Waals surface area contributed by atoms with E-state index in [1.165, 1.54) is 7.11 Å². The Hall–Kier alpha value is -2.05. The van der Waals surface area contributed by atoms with Gasteiger partial charge in [0.25, 0.3) is 0 Å². The zero-order chi connectivity index (χ0) is 22.0. The molecule has 29 heavy (non-hydrogen) atoms. The summed E-state index contributed by atoms with van der Waals surface area (Å²) in [5.74, 6) is -0.323. The monoisotopic (exact) mass is 470 g/mol. The first kappa shape index (κ1) is 25.0. The van der Waals surface area contributed by atoms with Crippen molar-refractivity contribution in [3.63, 3.8) is 0 Å². The molecule has 0 heterocycles. The first-order valence-corrected chi connectivity index (χ1v) is 10.5. The molecule has 7 nitrogen and oxygen atoms in total. The van der Waals surface area contributed by atoms with Crippen molar-refractivity contribution in [2.45, 2.75) is 58.7 Å². The van der Waals surface area contributed by atoms with Gasteiger partial charge in [-0.1, -0.05) is 0 Å². The second-order valence-corrected chi connectivity index (χ2v) is 8.88. The number of hydrogen-bond donors (Lipinski definition) is 2. The van der Waals surface area contributed by atoms with Crippen LogP contribution in [0.4, 0.5) is 4.79 Å². The number of alkyl carbamates (subject to hydrolysis) is 1. The SMILES string of the molecule is COC(=O)[C@@H](NC([Se])=NC[C@H](Cc1ccccc1)NC(=O)OC(C)(C)C)C(C)C. The summed E-state index contributed by atoms with van der Waals surface area (Å²) in [4.78, 5) is 28.6. The van der Waals surface area contributed by atoms with Crippen LogP contribution in [0.5, 0.6) is 0 Å². The van der Waals surface area contributed by atoms with Crippen molar-refractivity contribution in [1.29, 1.82) is 0 Å². The normalized spacial score (nSPS) is 14.1. The average molecular weight is 469 g/mol. The van der Waals surface area contributed by atoms with E-state index < -0.39 is 17.7 Å². The van der Waals surface area contributed by atoms with Crippen LogP contribution in [0.3, 0.4) is 0 Å². The van der Waals surface area contributed by atoms with Crippen molar-refractivity contribution in [3.8, 4) is 0 Å². The number of esters is 1. The van der Waals surface area contributed by atoms with E-state index >= 15 is 0 Å². The number of benzene rings is 1. The number of carbonyl (C=O) groups excluding carboxylic acids is 2. The number of hydrogen-bond acceptors (Lipinski definition) is 5. The van der Waals surface area contributed by atoms with Gasteiger partial charge in [0.2, 0.25) is 0 Å². The van der Waals surface area contributed by atoms with Gasteiger partial charge in [-0.3, -0.25) is 0 Å². The molecule has 2 atom stereocenters. The Bertz CT molecular complexity index is 687. The number of nitrogens with zero attached hydrogens (tertiary/aromatic N) is 1. The molecule has 161 valence electrons. The van der Waals surface area contributed by atoms with Gasteiger partial charge in [0.05, 0.1) is 0 Å². The molecule has 0 fully saturated rings. The maximum absolute atomic E-state index is 12.2. The molecule has 0 saturated carbocycles. The van der Waals surface area contributed by atoms with Gasteiger partial charge < -0.3 is 0 Å². The fraction of sp³-hybridized carbons (Fsp3) is 0.571. The summed E-state index contributed by atoms with van der Waals surface area (Å²) in [6, 6.07) is 9.06. The molecule has 1 rings (SSSR count). The molecular weight excluding hydrogens is 437 g/mol. The number of carbonyl (C=O) groups is 2. The Morgan fingerprint density at radius 3 is 2.28 bits per heavy atom. The molecule has 0 aliphatic heterocycles. The van der Waals surface area contributed by atoms with Gasteiger partial charge in [-0.2, -0.15) is 0 Å². The molecule has 0 bridgehead atoms. The topological polar surface area (TPSA) is 89.0 Å². The van der Waals surface area contributed by atoms with E-state index in [-0.39, 0.29) is 17.9 Å². The summed E-state index contributed by atoms with van der Waals surface area (Å²) in [6.07, 6.45) is 0.111. The number of amides is 1. The fourth-order valence-corrected chi connectivity index (χ4v) is 2.95. The van der Waals surface area contributed by atoms with Crippen molar-refractivity contribution in [3.05, 3.63) is 35.9 Å². The molecule has 1 aromatic rings. The van der Waals surface area contributed by atoms with E-state index in [2.05, 4.69) is 31.6 Å². The number of methoxy groups -OCH3 is 1. The van der Waals surface area contributed by atoms with Crippen molar-refractivity contribution >= 4 is 32.8 Å². The van der Waals surface area contributed by atoms with E-state index in [1.807, 2.05) is 65.0 Å². The van der Waals surface area contributed by atoms with Gasteiger partial charge in [0.15, 0.2) is 0 Å². The van der Waals surface area contributed by atoms with E-state index in [4.69, 9.17) is 9.47 Å².